The zero-order valence-corrected chi connectivity index (χ0v) is 9.25. The SMILES string of the molecule is CNCC(=O)N1CCC(C)(C(=O)O)CC1. The molecule has 0 unspecified atom stereocenters. The van der Waals surface area contributed by atoms with Crippen molar-refractivity contribution in [3.05, 3.63) is 0 Å². The number of carboxylic acid groups (broad SMARTS) is 1. The van der Waals surface area contributed by atoms with E-state index in [0.29, 0.717) is 32.5 Å². The van der Waals surface area contributed by atoms with E-state index in [4.69, 9.17) is 5.11 Å². The van der Waals surface area contributed by atoms with Crippen LogP contribution in [0.15, 0.2) is 0 Å². The van der Waals surface area contributed by atoms with Crippen LogP contribution in [-0.2, 0) is 9.59 Å². The Balaban J connectivity index is 2.49. The highest BCUT2D eigenvalue weighted by atomic mass is 16.4. The first-order chi connectivity index (χ1) is 6.99. The minimum Gasteiger partial charge on any atom is -0.481 e. The van der Waals surface area contributed by atoms with Gasteiger partial charge in [-0.1, -0.05) is 0 Å². The number of likely N-dealkylation sites (tertiary alicyclic amines) is 1. The van der Waals surface area contributed by atoms with Crippen LogP contribution in [0.25, 0.3) is 0 Å². The van der Waals surface area contributed by atoms with Crippen LogP contribution in [0.3, 0.4) is 0 Å². The zero-order chi connectivity index (χ0) is 11.5. The van der Waals surface area contributed by atoms with E-state index in [2.05, 4.69) is 5.32 Å². The molecule has 5 nitrogen and oxygen atoms in total. The number of aliphatic carboxylic acids is 1. The Hall–Kier alpha value is -1.10. The standard InChI is InChI=1S/C10H18N2O3/c1-10(9(14)15)3-5-12(6-4-10)8(13)7-11-2/h11H,3-7H2,1-2H3,(H,14,15). The molecule has 0 aromatic heterocycles. The molecule has 0 atom stereocenters. The minimum absolute atomic E-state index is 0.0462. The topological polar surface area (TPSA) is 69.6 Å². The highest BCUT2D eigenvalue weighted by Crippen LogP contribution is 2.30. The molecule has 0 aromatic carbocycles. The third-order valence-corrected chi connectivity index (χ3v) is 3.06. The van der Waals surface area contributed by atoms with Gasteiger partial charge in [0.2, 0.25) is 5.91 Å². The van der Waals surface area contributed by atoms with Gasteiger partial charge in [-0.3, -0.25) is 9.59 Å². The van der Waals surface area contributed by atoms with Gasteiger partial charge in [-0.2, -0.15) is 0 Å². The van der Waals surface area contributed by atoms with Crippen molar-refractivity contribution in [1.29, 1.82) is 0 Å². The summed E-state index contributed by atoms with van der Waals surface area (Å²) in [6, 6.07) is 0. The van der Waals surface area contributed by atoms with Crippen LogP contribution in [0.2, 0.25) is 0 Å². The maximum Gasteiger partial charge on any atom is 0.309 e. The molecule has 1 fully saturated rings. The number of carbonyl (C=O) groups excluding carboxylic acids is 1. The van der Waals surface area contributed by atoms with Crippen molar-refractivity contribution in [1.82, 2.24) is 10.2 Å². The lowest BCUT2D eigenvalue weighted by Gasteiger charge is -2.36. The summed E-state index contributed by atoms with van der Waals surface area (Å²) in [5, 5.41) is 11.8. The van der Waals surface area contributed by atoms with Crippen LogP contribution in [0, 0.1) is 5.41 Å². The first-order valence-corrected chi connectivity index (χ1v) is 5.15. The number of piperidine rings is 1. The molecule has 86 valence electrons. The van der Waals surface area contributed by atoms with E-state index >= 15 is 0 Å². The molecule has 0 radical (unpaired) electrons. The maximum atomic E-state index is 11.5. The molecule has 0 aliphatic carbocycles. The molecule has 1 heterocycles. The molecule has 0 aromatic rings. The van der Waals surface area contributed by atoms with Gasteiger partial charge in [-0.05, 0) is 26.8 Å². The van der Waals surface area contributed by atoms with Gasteiger partial charge in [0.05, 0.1) is 12.0 Å². The lowest BCUT2D eigenvalue weighted by molar-refractivity contribution is -0.152. The first kappa shape index (κ1) is 12.0. The van der Waals surface area contributed by atoms with Gasteiger partial charge in [0.1, 0.15) is 0 Å². The van der Waals surface area contributed by atoms with Crippen molar-refractivity contribution < 1.29 is 14.7 Å². The van der Waals surface area contributed by atoms with E-state index in [-0.39, 0.29) is 5.91 Å². The first-order valence-electron chi connectivity index (χ1n) is 5.15. The van der Waals surface area contributed by atoms with Crippen LogP contribution in [0.5, 0.6) is 0 Å². The molecule has 2 N–H and O–H groups in total. The van der Waals surface area contributed by atoms with Gasteiger partial charge in [-0.15, -0.1) is 0 Å². The van der Waals surface area contributed by atoms with Crippen LogP contribution < -0.4 is 5.32 Å². The van der Waals surface area contributed by atoms with E-state index in [1.807, 2.05) is 0 Å². The van der Waals surface area contributed by atoms with E-state index in [1.54, 1.807) is 18.9 Å². The second kappa shape index (κ2) is 4.61. The van der Waals surface area contributed by atoms with Gasteiger partial charge in [-0.25, -0.2) is 0 Å². The van der Waals surface area contributed by atoms with Crippen LogP contribution in [-0.4, -0.2) is 48.6 Å². The number of hydrogen-bond donors (Lipinski definition) is 2. The summed E-state index contributed by atoms with van der Waals surface area (Å²) in [6.45, 7) is 3.16. The van der Waals surface area contributed by atoms with Crippen LogP contribution >= 0.6 is 0 Å². The number of nitrogens with one attached hydrogen (secondary N) is 1. The van der Waals surface area contributed by atoms with Crippen molar-refractivity contribution in [2.45, 2.75) is 19.8 Å². The third kappa shape index (κ3) is 2.68. The van der Waals surface area contributed by atoms with E-state index in [1.165, 1.54) is 0 Å². The molecule has 1 rings (SSSR count). The summed E-state index contributed by atoms with van der Waals surface area (Å²) in [5.41, 5.74) is -0.656. The zero-order valence-electron chi connectivity index (χ0n) is 9.25. The Morgan fingerprint density at radius 1 is 1.40 bits per heavy atom. The van der Waals surface area contributed by atoms with Crippen LogP contribution in [0.4, 0.5) is 0 Å². The van der Waals surface area contributed by atoms with Gasteiger partial charge in [0.25, 0.3) is 0 Å². The number of nitrogens with zero attached hydrogens (tertiary/aromatic N) is 1. The molecular formula is C10H18N2O3. The average Bonchev–Trinajstić information content (AvgIpc) is 2.19. The molecule has 5 heteroatoms. The number of amides is 1. The van der Waals surface area contributed by atoms with Crippen LogP contribution in [0.1, 0.15) is 19.8 Å². The molecule has 0 bridgehead atoms. The predicted molar refractivity (Wildman–Crippen MR) is 55.5 cm³/mol. The van der Waals surface area contributed by atoms with Crippen molar-refractivity contribution in [3.63, 3.8) is 0 Å². The molecular weight excluding hydrogens is 196 g/mol. The molecule has 1 aliphatic rings. The molecule has 0 spiro atoms. The Bertz CT molecular complexity index is 257. The number of carboxylic acids is 1. The van der Waals surface area contributed by atoms with Crippen molar-refractivity contribution in [2.24, 2.45) is 5.41 Å². The molecule has 0 saturated carbocycles. The summed E-state index contributed by atoms with van der Waals surface area (Å²) < 4.78 is 0. The molecule has 15 heavy (non-hydrogen) atoms. The highest BCUT2D eigenvalue weighted by molar-refractivity contribution is 5.79. The van der Waals surface area contributed by atoms with Crippen molar-refractivity contribution in [3.8, 4) is 0 Å². The number of likely N-dealkylation sites (N-methyl/N-ethyl adjacent to an activating group) is 1. The quantitative estimate of drug-likeness (QED) is 0.689. The Morgan fingerprint density at radius 2 is 1.93 bits per heavy atom. The predicted octanol–water partition coefficient (Wildman–Crippen LogP) is -0.0809. The molecule has 1 saturated heterocycles. The summed E-state index contributed by atoms with van der Waals surface area (Å²) in [4.78, 5) is 24.2. The maximum absolute atomic E-state index is 11.5. The fourth-order valence-electron chi connectivity index (χ4n) is 1.73. The number of hydrogen-bond acceptors (Lipinski definition) is 3. The van der Waals surface area contributed by atoms with E-state index < -0.39 is 11.4 Å². The number of rotatable bonds is 3. The fourth-order valence-corrected chi connectivity index (χ4v) is 1.73. The Morgan fingerprint density at radius 3 is 2.33 bits per heavy atom. The van der Waals surface area contributed by atoms with E-state index in [9.17, 15) is 9.59 Å². The molecule has 1 amide bonds. The second-order valence-corrected chi connectivity index (χ2v) is 4.28. The summed E-state index contributed by atoms with van der Waals surface area (Å²) in [5.74, 6) is -0.715. The molecule has 1 aliphatic heterocycles. The summed E-state index contributed by atoms with van der Waals surface area (Å²) >= 11 is 0. The fraction of sp³-hybridized carbons (Fsp3) is 0.800. The highest BCUT2D eigenvalue weighted by Gasteiger charge is 2.37. The lowest BCUT2D eigenvalue weighted by atomic mass is 9.80. The van der Waals surface area contributed by atoms with Gasteiger partial charge < -0.3 is 15.3 Å². The van der Waals surface area contributed by atoms with E-state index in [0.717, 1.165) is 0 Å². The third-order valence-electron chi connectivity index (χ3n) is 3.06. The summed E-state index contributed by atoms with van der Waals surface area (Å²) in [6.07, 6.45) is 1.08. The minimum atomic E-state index is -0.761. The monoisotopic (exact) mass is 214 g/mol. The smallest absolute Gasteiger partial charge is 0.309 e. The normalized spacial score (nSPS) is 20.0. The van der Waals surface area contributed by atoms with Gasteiger partial charge in [0.15, 0.2) is 0 Å². The Labute approximate surface area is 89.4 Å². The number of carbonyl (C=O) groups is 2. The van der Waals surface area contributed by atoms with Gasteiger partial charge >= 0.3 is 5.97 Å². The largest absolute Gasteiger partial charge is 0.481 e. The van der Waals surface area contributed by atoms with Crippen molar-refractivity contribution in [2.75, 3.05) is 26.7 Å². The summed E-state index contributed by atoms with van der Waals surface area (Å²) in [7, 11) is 1.73. The lowest BCUT2D eigenvalue weighted by Crippen LogP contribution is -2.47. The van der Waals surface area contributed by atoms with Crippen molar-refractivity contribution >= 4 is 11.9 Å². The average molecular weight is 214 g/mol. The van der Waals surface area contributed by atoms with Gasteiger partial charge in [0, 0.05) is 13.1 Å². The Kier molecular flexibility index (Phi) is 3.68. The second-order valence-electron chi connectivity index (χ2n) is 4.28.